The average Bonchev–Trinajstić information content (AvgIpc) is 3.41. The van der Waals surface area contributed by atoms with Crippen LogP contribution in [0.2, 0.25) is 0 Å². The van der Waals surface area contributed by atoms with Crippen LogP contribution < -0.4 is 0 Å². The van der Waals surface area contributed by atoms with Gasteiger partial charge in [0, 0.05) is 0 Å². The Morgan fingerprint density at radius 2 is 0.941 bits per heavy atom. The van der Waals surface area contributed by atoms with Crippen molar-refractivity contribution in [1.29, 1.82) is 0 Å². The van der Waals surface area contributed by atoms with Crippen LogP contribution in [0.1, 0.15) is 67.0 Å². The van der Waals surface area contributed by atoms with Crippen molar-refractivity contribution in [2.75, 3.05) is 0 Å². The molecule has 0 aliphatic heterocycles. The van der Waals surface area contributed by atoms with E-state index in [1.807, 2.05) is 13.8 Å². The second-order valence-corrected chi connectivity index (χ2v) is 17.6. The van der Waals surface area contributed by atoms with Crippen LogP contribution in [-0.2, 0) is 6.42 Å². The van der Waals surface area contributed by atoms with E-state index in [9.17, 15) is 0 Å². The molecule has 2 aliphatic rings. The molecule has 2 aliphatic carbocycles. The molecular formula is C68H60. The van der Waals surface area contributed by atoms with E-state index in [-0.39, 0.29) is 0 Å². The molecule has 0 saturated carbocycles. The lowest BCUT2D eigenvalue weighted by Gasteiger charge is -2.22. The maximum atomic E-state index is 2.42. The van der Waals surface area contributed by atoms with E-state index < -0.39 is 0 Å². The third-order valence-electron chi connectivity index (χ3n) is 13.3. The number of rotatable bonds is 8. The highest BCUT2D eigenvalue weighted by atomic mass is 14.2. The fraction of sp³-hybridized carbons (Fsp3) is 0.118. The number of hydrogen-bond acceptors (Lipinski definition) is 0. The Morgan fingerprint density at radius 3 is 1.54 bits per heavy atom. The van der Waals surface area contributed by atoms with Crippen LogP contribution in [0.4, 0.5) is 0 Å². The van der Waals surface area contributed by atoms with Crippen LogP contribution in [-0.4, -0.2) is 0 Å². The van der Waals surface area contributed by atoms with E-state index in [4.69, 9.17) is 0 Å². The van der Waals surface area contributed by atoms with Crippen molar-refractivity contribution in [3.63, 3.8) is 0 Å². The van der Waals surface area contributed by atoms with Crippen LogP contribution in [0.15, 0.2) is 248 Å². The number of allylic oxidation sites excluding steroid dienone is 9. The minimum absolute atomic E-state index is 0.399. The Balaban J connectivity index is 0.000000219. The molecule has 1 atom stereocenters. The van der Waals surface area contributed by atoms with Gasteiger partial charge in [0.2, 0.25) is 0 Å². The van der Waals surface area contributed by atoms with Gasteiger partial charge in [-0.2, -0.15) is 0 Å². The first kappa shape index (κ1) is 45.4. The van der Waals surface area contributed by atoms with Gasteiger partial charge in [0.15, 0.2) is 0 Å². The number of benzene rings is 9. The molecule has 0 aromatic heterocycles. The molecule has 0 spiro atoms. The zero-order valence-corrected chi connectivity index (χ0v) is 39.9. The summed E-state index contributed by atoms with van der Waals surface area (Å²) in [5.41, 5.74) is 19.8. The maximum absolute atomic E-state index is 2.42. The normalized spacial score (nSPS) is 14.6. The first-order chi connectivity index (χ1) is 33.6. The maximum Gasteiger partial charge on any atom is -0.000711 e. The van der Waals surface area contributed by atoms with Gasteiger partial charge in [-0.25, -0.2) is 0 Å². The van der Waals surface area contributed by atoms with Crippen molar-refractivity contribution < 1.29 is 0 Å². The SMILES string of the molecule is CC.CC1C=CC=C/C1=C\c1ccc2c(C3=CC=C(c4ccccc4)CC3)c3ccccc3c(-c3ccc(-c4ccccc4)cc3)c2c1.Cc1ccccc1Cc1ccc(-c2ccccc2)cc1. The predicted octanol–water partition coefficient (Wildman–Crippen LogP) is 19.0. The second-order valence-electron chi connectivity index (χ2n) is 17.6. The number of hydrogen-bond donors (Lipinski definition) is 0. The summed E-state index contributed by atoms with van der Waals surface area (Å²) in [5, 5.41) is 5.24. The summed E-state index contributed by atoms with van der Waals surface area (Å²) in [6.45, 7) is 8.44. The summed E-state index contributed by atoms with van der Waals surface area (Å²) in [7, 11) is 0. The number of fused-ring (bicyclic) bond motifs is 2. The van der Waals surface area contributed by atoms with E-state index >= 15 is 0 Å². The zero-order valence-electron chi connectivity index (χ0n) is 39.9. The molecule has 0 heteroatoms. The molecule has 11 rings (SSSR count). The van der Waals surface area contributed by atoms with Gasteiger partial charge in [-0.05, 0) is 143 Å². The van der Waals surface area contributed by atoms with Gasteiger partial charge < -0.3 is 0 Å². The van der Waals surface area contributed by atoms with Gasteiger partial charge >= 0.3 is 0 Å². The molecule has 332 valence electrons. The highest BCUT2D eigenvalue weighted by Gasteiger charge is 2.20. The highest BCUT2D eigenvalue weighted by molar-refractivity contribution is 6.19. The molecule has 68 heavy (non-hydrogen) atoms. The van der Waals surface area contributed by atoms with Crippen molar-refractivity contribution in [3.8, 4) is 33.4 Å². The smallest absolute Gasteiger partial charge is 0.000711 e. The van der Waals surface area contributed by atoms with E-state index in [0.717, 1.165) is 19.3 Å². The van der Waals surface area contributed by atoms with Crippen LogP contribution in [0.5, 0.6) is 0 Å². The van der Waals surface area contributed by atoms with Crippen molar-refractivity contribution in [2.24, 2.45) is 5.92 Å². The molecule has 9 aromatic carbocycles. The van der Waals surface area contributed by atoms with Crippen LogP contribution in [0, 0.1) is 12.8 Å². The molecular weight excluding hydrogens is 817 g/mol. The van der Waals surface area contributed by atoms with Crippen LogP contribution in [0.25, 0.3) is 72.1 Å². The molecule has 0 fully saturated rings. The molecule has 0 radical (unpaired) electrons. The van der Waals surface area contributed by atoms with Gasteiger partial charge in [0.25, 0.3) is 0 Å². The Bertz CT molecular complexity index is 3290. The molecule has 0 nitrogen and oxygen atoms in total. The van der Waals surface area contributed by atoms with Crippen LogP contribution >= 0.6 is 0 Å². The van der Waals surface area contributed by atoms with E-state index in [0.29, 0.717) is 5.92 Å². The molecule has 0 N–H and O–H groups in total. The van der Waals surface area contributed by atoms with Gasteiger partial charge in [-0.15, -0.1) is 0 Å². The summed E-state index contributed by atoms with van der Waals surface area (Å²) >= 11 is 0. The quantitative estimate of drug-likeness (QED) is 0.133. The molecule has 0 saturated heterocycles. The molecule has 0 amide bonds. The average molecular weight is 877 g/mol. The monoisotopic (exact) mass is 876 g/mol. The Hall–Kier alpha value is -7.80. The summed E-state index contributed by atoms with van der Waals surface area (Å²) in [4.78, 5) is 0. The lowest BCUT2D eigenvalue weighted by atomic mass is 9.82. The summed E-state index contributed by atoms with van der Waals surface area (Å²) in [6.07, 6.45) is 18.9. The molecule has 0 heterocycles. The van der Waals surface area contributed by atoms with Gasteiger partial charge in [-0.3, -0.25) is 0 Å². The Morgan fingerprint density at radius 1 is 0.441 bits per heavy atom. The lowest BCUT2D eigenvalue weighted by Crippen LogP contribution is -1.98. The van der Waals surface area contributed by atoms with E-state index in [1.165, 1.54) is 105 Å². The molecule has 1 unspecified atom stereocenters. The highest BCUT2D eigenvalue weighted by Crippen LogP contribution is 2.45. The first-order valence-electron chi connectivity index (χ1n) is 24.4. The zero-order chi connectivity index (χ0) is 46.7. The van der Waals surface area contributed by atoms with Crippen molar-refractivity contribution >= 4 is 38.8 Å². The predicted molar refractivity (Wildman–Crippen MR) is 297 cm³/mol. The summed E-state index contributed by atoms with van der Waals surface area (Å²) in [6, 6.07) is 74.7. The van der Waals surface area contributed by atoms with Gasteiger partial charge in [0.05, 0.1) is 0 Å². The fourth-order valence-corrected chi connectivity index (χ4v) is 9.65. The second kappa shape index (κ2) is 21.7. The first-order valence-corrected chi connectivity index (χ1v) is 24.4. The van der Waals surface area contributed by atoms with Crippen LogP contribution in [0.3, 0.4) is 0 Å². The van der Waals surface area contributed by atoms with E-state index in [2.05, 4.69) is 263 Å². The molecule has 0 bridgehead atoms. The largest absolute Gasteiger partial charge is 0.0773 e. The Labute approximate surface area is 404 Å². The standard InChI is InChI=1S/C46H36.C20H18.C2H6/c1-32-12-8-9-17-40(32)30-33-20-29-43-44(31-33)46(39-27-23-37(24-28-39)35-15-6-3-7-16-35)42-19-11-10-18-41(42)45(43)38-25-21-36(22-26-38)34-13-4-2-5-14-34;1-16-7-5-6-10-20(16)15-17-11-13-19(14-12-17)18-8-3-2-4-9-18;1-2/h2-21,23-25,27-32H,22,26H2,1H3;2-14H,15H2,1H3;1-2H3/b40-30+;;. The van der Waals surface area contributed by atoms with Crippen molar-refractivity contribution in [1.82, 2.24) is 0 Å². The third-order valence-corrected chi connectivity index (χ3v) is 13.3. The van der Waals surface area contributed by atoms with Gasteiger partial charge in [-0.1, -0.05) is 263 Å². The topological polar surface area (TPSA) is 0 Å². The minimum Gasteiger partial charge on any atom is -0.0773 e. The summed E-state index contributed by atoms with van der Waals surface area (Å²) < 4.78 is 0. The number of aryl methyl sites for hydroxylation is 1. The minimum atomic E-state index is 0.399. The van der Waals surface area contributed by atoms with Gasteiger partial charge in [0.1, 0.15) is 0 Å². The van der Waals surface area contributed by atoms with Crippen molar-refractivity contribution in [3.05, 3.63) is 282 Å². The summed E-state index contributed by atoms with van der Waals surface area (Å²) in [5.74, 6) is 0.399. The van der Waals surface area contributed by atoms with E-state index in [1.54, 1.807) is 0 Å². The third kappa shape index (κ3) is 10.3. The van der Waals surface area contributed by atoms with Crippen molar-refractivity contribution in [2.45, 2.75) is 47.0 Å². The Kier molecular flexibility index (Phi) is 14.5. The fourth-order valence-electron chi connectivity index (χ4n) is 9.65. The lowest BCUT2D eigenvalue weighted by molar-refractivity contribution is 0.891. The molecule has 9 aromatic rings.